The number of pyridine rings is 1. The molecule has 0 aliphatic carbocycles. The standard InChI is InChI=1S/C14H17N3O2S/c1-14(2,3)19-12(18)9-20-13-16-8-11(17-13)10-5-4-6-15-7-10/h4-8H,9H2,1-3H3,(H,16,17). The van der Waals surface area contributed by atoms with Gasteiger partial charge in [-0.3, -0.25) is 9.78 Å². The number of rotatable bonds is 4. The van der Waals surface area contributed by atoms with Gasteiger partial charge in [-0.25, -0.2) is 4.98 Å². The normalized spacial score (nSPS) is 11.3. The van der Waals surface area contributed by atoms with E-state index in [1.54, 1.807) is 18.6 Å². The zero-order chi connectivity index (χ0) is 14.6. The van der Waals surface area contributed by atoms with E-state index in [2.05, 4.69) is 15.0 Å². The lowest BCUT2D eigenvalue weighted by molar-refractivity contribution is -0.151. The predicted molar refractivity (Wildman–Crippen MR) is 78.4 cm³/mol. The largest absolute Gasteiger partial charge is 0.459 e. The van der Waals surface area contributed by atoms with Crippen LogP contribution in [0.3, 0.4) is 0 Å². The average molecular weight is 291 g/mol. The minimum Gasteiger partial charge on any atom is -0.459 e. The molecule has 0 saturated carbocycles. The molecular formula is C14H17N3O2S. The minimum atomic E-state index is -0.457. The Labute approximate surface area is 122 Å². The summed E-state index contributed by atoms with van der Waals surface area (Å²) in [6.45, 7) is 5.55. The van der Waals surface area contributed by atoms with Crippen molar-refractivity contribution in [3.63, 3.8) is 0 Å². The van der Waals surface area contributed by atoms with E-state index in [1.165, 1.54) is 11.8 Å². The highest BCUT2D eigenvalue weighted by Gasteiger charge is 2.16. The van der Waals surface area contributed by atoms with Crippen LogP contribution in [0.15, 0.2) is 35.9 Å². The van der Waals surface area contributed by atoms with Crippen molar-refractivity contribution < 1.29 is 9.53 Å². The summed E-state index contributed by atoms with van der Waals surface area (Å²) in [5.41, 5.74) is 1.38. The van der Waals surface area contributed by atoms with Gasteiger partial charge >= 0.3 is 5.97 Å². The fourth-order valence-corrected chi connectivity index (χ4v) is 2.17. The number of aromatic amines is 1. The quantitative estimate of drug-likeness (QED) is 0.693. The average Bonchev–Trinajstić information content (AvgIpc) is 2.84. The van der Waals surface area contributed by atoms with Crippen molar-refractivity contribution in [2.24, 2.45) is 0 Å². The Hall–Kier alpha value is -1.82. The minimum absolute atomic E-state index is 0.233. The highest BCUT2D eigenvalue weighted by atomic mass is 32.2. The summed E-state index contributed by atoms with van der Waals surface area (Å²) < 4.78 is 5.24. The Morgan fingerprint density at radius 2 is 2.20 bits per heavy atom. The highest BCUT2D eigenvalue weighted by molar-refractivity contribution is 7.99. The van der Waals surface area contributed by atoms with E-state index < -0.39 is 5.60 Å². The Kier molecular flexibility index (Phi) is 4.44. The number of esters is 1. The number of hydrogen-bond acceptors (Lipinski definition) is 5. The number of H-pyrrole nitrogens is 1. The maximum absolute atomic E-state index is 11.6. The van der Waals surface area contributed by atoms with E-state index in [0.29, 0.717) is 5.16 Å². The molecule has 2 aromatic rings. The van der Waals surface area contributed by atoms with Crippen LogP contribution in [-0.4, -0.2) is 32.3 Å². The second-order valence-electron chi connectivity index (χ2n) is 5.22. The zero-order valence-electron chi connectivity index (χ0n) is 11.7. The third-order valence-electron chi connectivity index (χ3n) is 2.27. The van der Waals surface area contributed by atoms with Crippen molar-refractivity contribution in [2.45, 2.75) is 31.5 Å². The van der Waals surface area contributed by atoms with Crippen LogP contribution in [-0.2, 0) is 9.53 Å². The smallest absolute Gasteiger partial charge is 0.316 e. The number of thioether (sulfide) groups is 1. The second-order valence-corrected chi connectivity index (χ2v) is 6.18. The van der Waals surface area contributed by atoms with E-state index in [0.717, 1.165) is 11.3 Å². The molecule has 0 atom stereocenters. The number of aromatic nitrogens is 3. The third-order valence-corrected chi connectivity index (χ3v) is 3.13. The summed E-state index contributed by atoms with van der Waals surface area (Å²) in [5.74, 6) is -0.0149. The van der Waals surface area contributed by atoms with Crippen LogP contribution in [0, 0.1) is 0 Å². The summed E-state index contributed by atoms with van der Waals surface area (Å²) >= 11 is 1.32. The zero-order valence-corrected chi connectivity index (χ0v) is 12.5. The Bertz CT molecular complexity index is 576. The van der Waals surface area contributed by atoms with Crippen molar-refractivity contribution >= 4 is 17.7 Å². The maximum Gasteiger partial charge on any atom is 0.316 e. The first-order valence-electron chi connectivity index (χ1n) is 6.24. The monoisotopic (exact) mass is 291 g/mol. The first kappa shape index (κ1) is 14.6. The Morgan fingerprint density at radius 1 is 1.40 bits per heavy atom. The second kappa shape index (κ2) is 6.09. The van der Waals surface area contributed by atoms with Crippen molar-refractivity contribution in [3.05, 3.63) is 30.7 Å². The summed E-state index contributed by atoms with van der Waals surface area (Å²) in [5, 5.41) is 0.690. The predicted octanol–water partition coefficient (Wildman–Crippen LogP) is 2.91. The van der Waals surface area contributed by atoms with Gasteiger partial charge in [-0.15, -0.1) is 0 Å². The van der Waals surface area contributed by atoms with E-state index in [9.17, 15) is 4.79 Å². The number of hydrogen-bond donors (Lipinski definition) is 1. The molecule has 2 rings (SSSR count). The van der Waals surface area contributed by atoms with E-state index >= 15 is 0 Å². The summed E-state index contributed by atoms with van der Waals surface area (Å²) in [7, 11) is 0. The fraction of sp³-hybridized carbons (Fsp3) is 0.357. The number of nitrogens with zero attached hydrogens (tertiary/aromatic N) is 2. The number of nitrogens with one attached hydrogen (secondary N) is 1. The first-order valence-corrected chi connectivity index (χ1v) is 7.23. The lowest BCUT2D eigenvalue weighted by atomic mass is 10.2. The molecule has 0 saturated heterocycles. The van der Waals surface area contributed by atoms with Crippen molar-refractivity contribution in [1.82, 2.24) is 15.0 Å². The van der Waals surface area contributed by atoms with Crippen LogP contribution >= 0.6 is 11.8 Å². The number of carbonyl (C=O) groups excluding carboxylic acids is 1. The van der Waals surface area contributed by atoms with Gasteiger partial charge in [0, 0.05) is 18.0 Å². The van der Waals surface area contributed by atoms with Gasteiger partial charge in [-0.2, -0.15) is 0 Å². The molecule has 0 bridgehead atoms. The Balaban J connectivity index is 1.92. The van der Waals surface area contributed by atoms with Gasteiger partial charge in [0.05, 0.1) is 17.6 Å². The van der Waals surface area contributed by atoms with E-state index in [1.807, 2.05) is 32.9 Å². The summed E-state index contributed by atoms with van der Waals surface area (Å²) in [6, 6.07) is 3.81. The highest BCUT2D eigenvalue weighted by Crippen LogP contribution is 2.21. The fourth-order valence-electron chi connectivity index (χ4n) is 1.54. The third kappa shape index (κ3) is 4.38. The van der Waals surface area contributed by atoms with Crippen LogP contribution < -0.4 is 0 Å². The number of ether oxygens (including phenoxy) is 1. The van der Waals surface area contributed by atoms with Gasteiger partial charge in [0.1, 0.15) is 5.60 Å². The molecular weight excluding hydrogens is 274 g/mol. The molecule has 1 N–H and O–H groups in total. The molecule has 2 aromatic heterocycles. The molecule has 2 heterocycles. The molecule has 20 heavy (non-hydrogen) atoms. The van der Waals surface area contributed by atoms with E-state index in [4.69, 9.17) is 4.74 Å². The SMILES string of the molecule is CC(C)(C)OC(=O)CSc1ncc(-c2cccnc2)[nH]1. The molecule has 106 valence electrons. The molecule has 0 unspecified atom stereocenters. The molecule has 0 amide bonds. The van der Waals surface area contributed by atoms with Crippen molar-refractivity contribution in [2.75, 3.05) is 5.75 Å². The molecule has 6 heteroatoms. The summed E-state index contributed by atoms with van der Waals surface area (Å²) in [6.07, 6.45) is 5.21. The first-order chi connectivity index (χ1) is 9.44. The van der Waals surface area contributed by atoms with Crippen LogP contribution in [0.2, 0.25) is 0 Å². The molecule has 5 nitrogen and oxygen atoms in total. The van der Waals surface area contributed by atoms with Crippen molar-refractivity contribution in [3.8, 4) is 11.3 Å². The molecule has 0 aliphatic heterocycles. The lowest BCUT2D eigenvalue weighted by Gasteiger charge is -2.18. The molecule has 0 spiro atoms. The van der Waals surface area contributed by atoms with Gasteiger partial charge in [0.2, 0.25) is 0 Å². The van der Waals surface area contributed by atoms with Crippen molar-refractivity contribution in [1.29, 1.82) is 0 Å². The van der Waals surface area contributed by atoms with Gasteiger partial charge in [-0.1, -0.05) is 11.8 Å². The van der Waals surface area contributed by atoms with E-state index in [-0.39, 0.29) is 11.7 Å². The van der Waals surface area contributed by atoms with Crippen LogP contribution in [0.25, 0.3) is 11.3 Å². The van der Waals surface area contributed by atoms with Crippen LogP contribution in [0.4, 0.5) is 0 Å². The molecule has 0 radical (unpaired) electrons. The summed E-state index contributed by atoms with van der Waals surface area (Å²) in [4.78, 5) is 23.1. The van der Waals surface area contributed by atoms with Gasteiger partial charge in [-0.05, 0) is 32.9 Å². The molecule has 0 aromatic carbocycles. The number of imidazole rings is 1. The topological polar surface area (TPSA) is 67.9 Å². The van der Waals surface area contributed by atoms with Crippen LogP contribution in [0.5, 0.6) is 0 Å². The molecule has 0 aliphatic rings. The van der Waals surface area contributed by atoms with Gasteiger partial charge < -0.3 is 9.72 Å². The Morgan fingerprint density at radius 3 is 2.85 bits per heavy atom. The lowest BCUT2D eigenvalue weighted by Crippen LogP contribution is -2.24. The van der Waals surface area contributed by atoms with Gasteiger partial charge in [0.15, 0.2) is 5.16 Å². The van der Waals surface area contributed by atoms with Gasteiger partial charge in [0.25, 0.3) is 0 Å². The molecule has 0 fully saturated rings. The maximum atomic E-state index is 11.6. The number of carbonyl (C=O) groups is 1. The van der Waals surface area contributed by atoms with Crippen LogP contribution in [0.1, 0.15) is 20.8 Å².